The number of carbonyl (C=O) groups excluding carboxylic acids is 1. The first-order valence-corrected chi connectivity index (χ1v) is 8.04. The minimum Gasteiger partial charge on any atom is -0.436 e. The lowest BCUT2D eigenvalue weighted by Crippen LogP contribution is -2.13. The van der Waals surface area contributed by atoms with Crippen LogP contribution in [-0.4, -0.2) is 10.9 Å². The second-order valence-corrected chi connectivity index (χ2v) is 5.80. The van der Waals surface area contributed by atoms with Crippen LogP contribution in [0.3, 0.4) is 0 Å². The molecule has 1 aromatic heterocycles. The number of aromatic nitrogens is 1. The molecule has 0 bridgehead atoms. The van der Waals surface area contributed by atoms with Crippen LogP contribution < -0.4 is 5.32 Å². The standard InChI is InChI=1S/C21H16N2O2/c1-14-8-2-3-9-15(14)20(24)22-17-11-5-4-10-16(17)21-23-18-12-6-7-13-19(18)25-21/h2-13H,1H3,(H,22,24). The number of hydrogen-bond donors (Lipinski definition) is 1. The number of carbonyl (C=O) groups is 1. The number of rotatable bonds is 3. The minimum atomic E-state index is -0.151. The number of para-hydroxylation sites is 3. The topological polar surface area (TPSA) is 55.1 Å². The number of anilines is 1. The third-order valence-electron chi connectivity index (χ3n) is 4.09. The maximum absolute atomic E-state index is 12.6. The first kappa shape index (κ1) is 15.1. The lowest BCUT2D eigenvalue weighted by Gasteiger charge is -2.10. The Morgan fingerprint density at radius 1 is 0.920 bits per heavy atom. The van der Waals surface area contributed by atoms with Gasteiger partial charge in [0.1, 0.15) is 5.52 Å². The Bertz CT molecular complexity index is 1030. The van der Waals surface area contributed by atoms with Crippen LogP contribution in [0, 0.1) is 6.92 Å². The van der Waals surface area contributed by atoms with E-state index < -0.39 is 0 Å². The van der Waals surface area contributed by atoms with Crippen molar-refractivity contribution in [2.24, 2.45) is 0 Å². The van der Waals surface area contributed by atoms with Gasteiger partial charge in [-0.05, 0) is 42.8 Å². The molecule has 0 saturated heterocycles. The molecular formula is C21H16N2O2. The van der Waals surface area contributed by atoms with Crippen molar-refractivity contribution in [2.75, 3.05) is 5.32 Å². The molecule has 0 unspecified atom stereocenters. The van der Waals surface area contributed by atoms with Crippen molar-refractivity contribution in [2.45, 2.75) is 6.92 Å². The maximum Gasteiger partial charge on any atom is 0.255 e. The minimum absolute atomic E-state index is 0.151. The average Bonchev–Trinajstić information content (AvgIpc) is 3.06. The Balaban J connectivity index is 1.72. The van der Waals surface area contributed by atoms with Gasteiger partial charge in [0.25, 0.3) is 5.91 Å². The Morgan fingerprint density at radius 3 is 2.48 bits per heavy atom. The van der Waals surface area contributed by atoms with Gasteiger partial charge in [-0.2, -0.15) is 0 Å². The van der Waals surface area contributed by atoms with Crippen LogP contribution in [0.4, 0.5) is 5.69 Å². The zero-order valence-corrected chi connectivity index (χ0v) is 13.7. The van der Waals surface area contributed by atoms with Crippen LogP contribution in [0.2, 0.25) is 0 Å². The van der Waals surface area contributed by atoms with Crippen LogP contribution in [0.5, 0.6) is 0 Å². The Morgan fingerprint density at radius 2 is 1.64 bits per heavy atom. The molecule has 1 heterocycles. The van der Waals surface area contributed by atoms with Crippen molar-refractivity contribution in [1.82, 2.24) is 4.98 Å². The van der Waals surface area contributed by atoms with E-state index in [0.717, 1.165) is 22.2 Å². The number of hydrogen-bond acceptors (Lipinski definition) is 3. The fourth-order valence-corrected chi connectivity index (χ4v) is 2.78. The SMILES string of the molecule is Cc1ccccc1C(=O)Nc1ccccc1-c1nc2ccccc2o1. The van der Waals surface area contributed by atoms with E-state index in [1.54, 1.807) is 0 Å². The van der Waals surface area contributed by atoms with Gasteiger partial charge in [-0.1, -0.05) is 42.5 Å². The highest BCUT2D eigenvalue weighted by atomic mass is 16.3. The highest BCUT2D eigenvalue weighted by molar-refractivity contribution is 6.07. The molecule has 122 valence electrons. The molecule has 4 rings (SSSR count). The maximum atomic E-state index is 12.6. The van der Waals surface area contributed by atoms with Gasteiger partial charge < -0.3 is 9.73 Å². The van der Waals surface area contributed by atoms with Gasteiger partial charge in [-0.15, -0.1) is 0 Å². The van der Waals surface area contributed by atoms with Crippen LogP contribution in [0.1, 0.15) is 15.9 Å². The van der Waals surface area contributed by atoms with E-state index in [1.165, 1.54) is 0 Å². The van der Waals surface area contributed by atoms with Gasteiger partial charge in [0.15, 0.2) is 5.58 Å². The molecular weight excluding hydrogens is 312 g/mol. The molecule has 0 aliphatic carbocycles. The number of nitrogens with zero attached hydrogens (tertiary/aromatic N) is 1. The summed E-state index contributed by atoms with van der Waals surface area (Å²) in [5, 5.41) is 2.97. The predicted octanol–water partition coefficient (Wildman–Crippen LogP) is 5.06. The number of amides is 1. The van der Waals surface area contributed by atoms with Crippen molar-refractivity contribution in [3.63, 3.8) is 0 Å². The fraction of sp³-hybridized carbons (Fsp3) is 0.0476. The van der Waals surface area contributed by atoms with Crippen LogP contribution >= 0.6 is 0 Å². The summed E-state index contributed by atoms with van der Waals surface area (Å²) in [5.41, 5.74) is 4.51. The normalized spacial score (nSPS) is 10.8. The summed E-state index contributed by atoms with van der Waals surface area (Å²) >= 11 is 0. The van der Waals surface area contributed by atoms with E-state index >= 15 is 0 Å². The number of oxazole rings is 1. The third-order valence-corrected chi connectivity index (χ3v) is 4.09. The molecule has 4 aromatic rings. The van der Waals surface area contributed by atoms with Gasteiger partial charge in [0.05, 0.1) is 11.3 Å². The summed E-state index contributed by atoms with van der Waals surface area (Å²) in [6, 6.07) is 22.6. The lowest BCUT2D eigenvalue weighted by molar-refractivity contribution is 0.102. The van der Waals surface area contributed by atoms with E-state index in [4.69, 9.17) is 4.42 Å². The number of aryl methyl sites for hydroxylation is 1. The monoisotopic (exact) mass is 328 g/mol. The van der Waals surface area contributed by atoms with E-state index in [1.807, 2.05) is 79.7 Å². The second-order valence-electron chi connectivity index (χ2n) is 5.80. The molecule has 25 heavy (non-hydrogen) atoms. The Hall–Kier alpha value is -3.40. The zero-order valence-electron chi connectivity index (χ0n) is 13.7. The summed E-state index contributed by atoms with van der Waals surface area (Å²) < 4.78 is 5.84. The molecule has 1 amide bonds. The van der Waals surface area contributed by atoms with E-state index in [9.17, 15) is 4.79 Å². The predicted molar refractivity (Wildman–Crippen MR) is 98.6 cm³/mol. The Labute approximate surface area is 145 Å². The molecule has 4 nitrogen and oxygen atoms in total. The largest absolute Gasteiger partial charge is 0.436 e. The molecule has 0 spiro atoms. The van der Waals surface area contributed by atoms with Crippen molar-refractivity contribution in [3.8, 4) is 11.5 Å². The number of benzene rings is 3. The quantitative estimate of drug-likeness (QED) is 0.572. The lowest BCUT2D eigenvalue weighted by atomic mass is 10.1. The van der Waals surface area contributed by atoms with Gasteiger partial charge in [-0.3, -0.25) is 4.79 Å². The molecule has 0 fully saturated rings. The molecule has 0 atom stereocenters. The van der Waals surface area contributed by atoms with Gasteiger partial charge >= 0.3 is 0 Å². The van der Waals surface area contributed by atoms with Crippen molar-refractivity contribution < 1.29 is 9.21 Å². The molecule has 0 aliphatic rings. The summed E-state index contributed by atoms with van der Waals surface area (Å²) in [7, 11) is 0. The summed E-state index contributed by atoms with van der Waals surface area (Å²) in [6.45, 7) is 1.92. The van der Waals surface area contributed by atoms with E-state index in [0.29, 0.717) is 17.1 Å². The van der Waals surface area contributed by atoms with Crippen molar-refractivity contribution in [3.05, 3.63) is 83.9 Å². The van der Waals surface area contributed by atoms with Crippen LogP contribution in [-0.2, 0) is 0 Å². The second kappa shape index (κ2) is 6.24. The molecule has 0 saturated carbocycles. The molecule has 0 aliphatic heterocycles. The van der Waals surface area contributed by atoms with Crippen molar-refractivity contribution >= 4 is 22.7 Å². The first-order chi connectivity index (χ1) is 12.2. The van der Waals surface area contributed by atoms with Gasteiger partial charge in [0.2, 0.25) is 5.89 Å². The molecule has 1 N–H and O–H groups in total. The van der Waals surface area contributed by atoms with Gasteiger partial charge in [-0.25, -0.2) is 4.98 Å². The third kappa shape index (κ3) is 2.90. The van der Waals surface area contributed by atoms with Gasteiger partial charge in [0, 0.05) is 5.56 Å². The molecule has 4 heteroatoms. The molecule has 0 radical (unpaired) electrons. The van der Waals surface area contributed by atoms with Crippen molar-refractivity contribution in [1.29, 1.82) is 0 Å². The van der Waals surface area contributed by atoms with E-state index in [2.05, 4.69) is 10.3 Å². The smallest absolute Gasteiger partial charge is 0.255 e. The Kier molecular flexibility index (Phi) is 3.78. The number of fused-ring (bicyclic) bond motifs is 1. The summed E-state index contributed by atoms with van der Waals surface area (Å²) in [6.07, 6.45) is 0. The molecule has 3 aromatic carbocycles. The highest BCUT2D eigenvalue weighted by Gasteiger charge is 2.15. The highest BCUT2D eigenvalue weighted by Crippen LogP contribution is 2.30. The summed E-state index contributed by atoms with van der Waals surface area (Å²) in [5.74, 6) is 0.337. The van der Waals surface area contributed by atoms with Crippen LogP contribution in [0.15, 0.2) is 77.2 Å². The average molecular weight is 328 g/mol. The first-order valence-electron chi connectivity index (χ1n) is 8.04. The summed E-state index contributed by atoms with van der Waals surface area (Å²) in [4.78, 5) is 17.2. The fourth-order valence-electron chi connectivity index (χ4n) is 2.78. The van der Waals surface area contributed by atoms with E-state index in [-0.39, 0.29) is 5.91 Å². The zero-order chi connectivity index (χ0) is 17.2. The number of nitrogens with one attached hydrogen (secondary N) is 1. The van der Waals surface area contributed by atoms with Crippen LogP contribution in [0.25, 0.3) is 22.6 Å².